The first-order valence-electron chi connectivity index (χ1n) is 8.63. The van der Waals surface area contributed by atoms with Crippen molar-refractivity contribution in [1.82, 2.24) is 25.8 Å². The van der Waals surface area contributed by atoms with Crippen molar-refractivity contribution >= 4 is 34.6 Å². The summed E-state index contributed by atoms with van der Waals surface area (Å²) in [7, 11) is 0. The number of nitrogens with zero attached hydrogens (tertiary/aromatic N) is 2. The molecular weight excluding hydrogens is 366 g/mol. The molecule has 2 aromatic heterocycles. The second-order valence-electron chi connectivity index (χ2n) is 6.40. The van der Waals surface area contributed by atoms with Gasteiger partial charge in [0, 0.05) is 23.6 Å². The number of H-pyrrole nitrogens is 1. The summed E-state index contributed by atoms with van der Waals surface area (Å²) in [4.78, 5) is 26.6. The molecule has 0 atom stereocenters. The Balaban J connectivity index is 1.51. The lowest BCUT2D eigenvalue weighted by molar-refractivity contribution is -0.117. The van der Waals surface area contributed by atoms with Gasteiger partial charge in [-0.2, -0.15) is 0 Å². The van der Waals surface area contributed by atoms with Gasteiger partial charge in [-0.15, -0.1) is 10.2 Å². The quantitative estimate of drug-likeness (QED) is 0.537. The summed E-state index contributed by atoms with van der Waals surface area (Å²) in [6, 6.07) is 7.30. The molecule has 0 fully saturated rings. The number of para-hydroxylation sites is 1. The number of hydrogen-bond donors (Lipinski definition) is 3. The molecule has 3 amide bonds. The van der Waals surface area contributed by atoms with E-state index in [0.717, 1.165) is 34.6 Å². The van der Waals surface area contributed by atoms with Gasteiger partial charge in [-0.1, -0.05) is 43.8 Å². The van der Waals surface area contributed by atoms with Crippen LogP contribution >= 0.6 is 11.8 Å². The molecule has 142 valence electrons. The summed E-state index contributed by atoms with van der Waals surface area (Å²) < 4.78 is 5.62. The van der Waals surface area contributed by atoms with Crippen molar-refractivity contribution < 1.29 is 14.0 Å². The van der Waals surface area contributed by atoms with Crippen molar-refractivity contribution in [2.45, 2.75) is 25.5 Å². The van der Waals surface area contributed by atoms with Gasteiger partial charge in [-0.25, -0.2) is 4.79 Å². The summed E-state index contributed by atoms with van der Waals surface area (Å²) >= 11 is 1.08. The van der Waals surface area contributed by atoms with Crippen LogP contribution in [0.2, 0.25) is 0 Å². The van der Waals surface area contributed by atoms with Crippen LogP contribution in [0.5, 0.6) is 0 Å². The van der Waals surface area contributed by atoms with Gasteiger partial charge in [0.1, 0.15) is 0 Å². The van der Waals surface area contributed by atoms with Crippen molar-refractivity contribution in [2.75, 3.05) is 12.3 Å². The topological polar surface area (TPSA) is 113 Å². The van der Waals surface area contributed by atoms with Crippen LogP contribution in [0.15, 0.2) is 40.1 Å². The number of urea groups is 1. The van der Waals surface area contributed by atoms with Gasteiger partial charge in [0.25, 0.3) is 11.1 Å². The van der Waals surface area contributed by atoms with E-state index in [1.807, 2.05) is 24.3 Å². The van der Waals surface area contributed by atoms with E-state index >= 15 is 0 Å². The SMILES string of the molecule is CC(C)CCNC(=O)NC(=O)CSc1nnc(-c2c[nH]c3ccccc23)o1. The summed E-state index contributed by atoms with van der Waals surface area (Å²) in [5.74, 6) is 0.448. The Morgan fingerprint density at radius 3 is 2.89 bits per heavy atom. The number of aromatic nitrogens is 3. The highest BCUT2D eigenvalue weighted by Crippen LogP contribution is 2.29. The van der Waals surface area contributed by atoms with Crippen LogP contribution in [0, 0.1) is 5.92 Å². The van der Waals surface area contributed by atoms with Crippen LogP contribution in [-0.2, 0) is 4.79 Å². The molecule has 2 heterocycles. The summed E-state index contributed by atoms with van der Waals surface area (Å²) in [6.45, 7) is 4.66. The highest BCUT2D eigenvalue weighted by molar-refractivity contribution is 7.99. The molecule has 27 heavy (non-hydrogen) atoms. The number of hydrogen-bond acceptors (Lipinski definition) is 6. The Bertz CT molecular complexity index is 934. The minimum atomic E-state index is -0.494. The normalized spacial score (nSPS) is 11.1. The molecule has 0 bridgehead atoms. The standard InChI is InChI=1S/C18H21N5O3S/c1-11(2)7-8-19-17(25)21-15(24)10-27-18-23-22-16(26-18)13-9-20-14-6-4-3-5-12(13)14/h3-6,9,11,20H,7-8,10H2,1-2H3,(H2,19,21,24,25). The van der Waals surface area contributed by atoms with E-state index in [1.54, 1.807) is 6.20 Å². The summed E-state index contributed by atoms with van der Waals surface area (Å²) in [6.07, 6.45) is 2.66. The number of amides is 3. The Kier molecular flexibility index (Phi) is 6.12. The maximum Gasteiger partial charge on any atom is 0.321 e. The predicted molar refractivity (Wildman–Crippen MR) is 103 cm³/mol. The van der Waals surface area contributed by atoms with E-state index in [4.69, 9.17) is 4.42 Å². The Labute approximate surface area is 160 Å². The van der Waals surface area contributed by atoms with Crippen molar-refractivity contribution in [1.29, 1.82) is 0 Å². The zero-order valence-electron chi connectivity index (χ0n) is 15.1. The molecule has 8 nitrogen and oxygen atoms in total. The van der Waals surface area contributed by atoms with Crippen LogP contribution < -0.4 is 10.6 Å². The maximum absolute atomic E-state index is 11.8. The van der Waals surface area contributed by atoms with Gasteiger partial charge in [0.2, 0.25) is 5.91 Å². The van der Waals surface area contributed by atoms with Crippen molar-refractivity contribution in [3.05, 3.63) is 30.5 Å². The third-order valence-electron chi connectivity index (χ3n) is 3.81. The molecule has 0 aliphatic heterocycles. The van der Waals surface area contributed by atoms with Crippen LogP contribution in [0.1, 0.15) is 20.3 Å². The van der Waals surface area contributed by atoms with E-state index in [9.17, 15) is 9.59 Å². The lowest BCUT2D eigenvalue weighted by atomic mass is 10.1. The van der Waals surface area contributed by atoms with Gasteiger partial charge in [-0.05, 0) is 18.4 Å². The fraction of sp³-hybridized carbons (Fsp3) is 0.333. The monoisotopic (exact) mass is 387 g/mol. The third-order valence-corrected chi connectivity index (χ3v) is 4.63. The van der Waals surface area contributed by atoms with Gasteiger partial charge in [-0.3, -0.25) is 10.1 Å². The van der Waals surface area contributed by atoms with Gasteiger partial charge in [0.15, 0.2) is 0 Å². The van der Waals surface area contributed by atoms with Crippen molar-refractivity contribution in [2.24, 2.45) is 5.92 Å². The predicted octanol–water partition coefficient (Wildman–Crippen LogP) is 3.18. The number of benzene rings is 1. The van der Waals surface area contributed by atoms with Crippen molar-refractivity contribution in [3.8, 4) is 11.5 Å². The smallest absolute Gasteiger partial charge is 0.321 e. The molecule has 0 aliphatic carbocycles. The number of carbonyl (C=O) groups excluding carboxylic acids is 2. The number of fused-ring (bicyclic) bond motifs is 1. The third kappa shape index (κ3) is 5.10. The lowest BCUT2D eigenvalue weighted by Crippen LogP contribution is -2.40. The van der Waals surface area contributed by atoms with Gasteiger partial charge in [0.05, 0.1) is 11.3 Å². The number of carbonyl (C=O) groups is 2. The molecule has 3 N–H and O–H groups in total. The molecule has 0 unspecified atom stereocenters. The summed E-state index contributed by atoms with van der Waals surface area (Å²) in [5.41, 5.74) is 1.78. The molecule has 0 saturated carbocycles. The molecule has 9 heteroatoms. The second kappa shape index (κ2) is 8.72. The molecule has 0 saturated heterocycles. The average molecular weight is 387 g/mol. The Hall–Kier alpha value is -2.81. The number of nitrogens with one attached hydrogen (secondary N) is 3. The van der Waals surface area contributed by atoms with Crippen molar-refractivity contribution in [3.63, 3.8) is 0 Å². The maximum atomic E-state index is 11.8. The lowest BCUT2D eigenvalue weighted by Gasteiger charge is -2.07. The first kappa shape index (κ1) is 19.0. The zero-order valence-corrected chi connectivity index (χ0v) is 15.9. The Morgan fingerprint density at radius 2 is 2.07 bits per heavy atom. The Morgan fingerprint density at radius 1 is 1.26 bits per heavy atom. The largest absolute Gasteiger partial charge is 0.411 e. The number of thioether (sulfide) groups is 1. The summed E-state index contributed by atoms with van der Waals surface area (Å²) in [5, 5.41) is 14.2. The van der Waals surface area contributed by atoms with Crippen LogP contribution in [0.3, 0.4) is 0 Å². The second-order valence-corrected chi connectivity index (χ2v) is 7.32. The molecular formula is C18H21N5O3S. The first-order chi connectivity index (χ1) is 13.0. The molecule has 3 aromatic rings. The minimum absolute atomic E-state index is 0.00706. The molecule has 0 radical (unpaired) electrons. The molecule has 0 spiro atoms. The van der Waals surface area contributed by atoms with E-state index in [1.165, 1.54) is 0 Å². The van der Waals surface area contributed by atoms with E-state index in [-0.39, 0.29) is 11.0 Å². The molecule has 0 aliphatic rings. The van der Waals surface area contributed by atoms with E-state index in [0.29, 0.717) is 18.4 Å². The first-order valence-corrected chi connectivity index (χ1v) is 9.62. The fourth-order valence-corrected chi connectivity index (χ4v) is 3.00. The van der Waals surface area contributed by atoms with Crippen LogP contribution in [0.25, 0.3) is 22.4 Å². The number of aromatic amines is 1. The van der Waals surface area contributed by atoms with Gasteiger partial charge >= 0.3 is 6.03 Å². The van der Waals surface area contributed by atoms with Crippen LogP contribution in [0.4, 0.5) is 4.79 Å². The number of rotatable bonds is 7. The highest BCUT2D eigenvalue weighted by Gasteiger charge is 2.15. The zero-order chi connectivity index (χ0) is 19.2. The van der Waals surface area contributed by atoms with E-state index in [2.05, 4.69) is 39.7 Å². The average Bonchev–Trinajstić information content (AvgIpc) is 3.26. The molecule has 3 rings (SSSR count). The van der Waals surface area contributed by atoms with Gasteiger partial charge < -0.3 is 14.7 Å². The van der Waals surface area contributed by atoms with E-state index < -0.39 is 11.9 Å². The highest BCUT2D eigenvalue weighted by atomic mass is 32.2. The molecule has 1 aromatic carbocycles. The minimum Gasteiger partial charge on any atom is -0.411 e. The van der Waals surface area contributed by atoms with Crippen LogP contribution in [-0.4, -0.2) is 39.4 Å². The fourth-order valence-electron chi connectivity index (χ4n) is 2.43. The number of imide groups is 1.